The van der Waals surface area contributed by atoms with E-state index in [0.29, 0.717) is 22.8 Å². The third-order valence-electron chi connectivity index (χ3n) is 2.51. The molecule has 2 N–H and O–H groups in total. The van der Waals surface area contributed by atoms with E-state index in [4.69, 9.17) is 14.2 Å². The first kappa shape index (κ1) is 13.6. The zero-order valence-electron chi connectivity index (χ0n) is 10.4. The summed E-state index contributed by atoms with van der Waals surface area (Å²) < 4.78 is 15.4. The van der Waals surface area contributed by atoms with Gasteiger partial charge in [-0.3, -0.25) is 0 Å². The molecule has 0 saturated carbocycles. The fourth-order valence-corrected chi connectivity index (χ4v) is 1.54. The Hall–Kier alpha value is -1.46. The number of ether oxygens (including phenoxy) is 3. The zero-order valence-corrected chi connectivity index (χ0v) is 10.4. The molecule has 2 atom stereocenters. The Bertz CT molecular complexity index is 375. The summed E-state index contributed by atoms with van der Waals surface area (Å²) in [5.41, 5.74) is 0.458. The van der Waals surface area contributed by atoms with Gasteiger partial charge in [0, 0.05) is 11.6 Å². The molecule has 0 aliphatic heterocycles. The van der Waals surface area contributed by atoms with E-state index < -0.39 is 12.2 Å². The number of aliphatic hydroxyl groups is 2. The molecule has 1 rings (SSSR count). The quantitative estimate of drug-likeness (QED) is 0.810. The van der Waals surface area contributed by atoms with E-state index in [0.717, 1.165) is 0 Å². The second-order valence-electron chi connectivity index (χ2n) is 3.63. The van der Waals surface area contributed by atoms with Gasteiger partial charge in [0.15, 0.2) is 11.5 Å². The van der Waals surface area contributed by atoms with Crippen molar-refractivity contribution >= 4 is 0 Å². The van der Waals surface area contributed by atoms with Crippen LogP contribution in [-0.4, -0.2) is 37.6 Å². The summed E-state index contributed by atoms with van der Waals surface area (Å²) in [5.74, 6) is 1.42. The second-order valence-corrected chi connectivity index (χ2v) is 3.63. The lowest BCUT2D eigenvalue weighted by molar-refractivity contribution is 0.0289. The molecule has 0 radical (unpaired) electrons. The lowest BCUT2D eigenvalue weighted by atomic mass is 10.0. The standard InChI is InChI=1S/C12H18O5/c1-7(13)12(14)8-5-10(16-3)11(17-4)6-9(8)15-2/h5-7,12-14H,1-4H3/t7-,12+/m1/s1. The molecule has 5 nitrogen and oxygen atoms in total. The maximum atomic E-state index is 9.87. The van der Waals surface area contributed by atoms with Crippen LogP contribution in [0.2, 0.25) is 0 Å². The van der Waals surface area contributed by atoms with E-state index >= 15 is 0 Å². The van der Waals surface area contributed by atoms with Crippen LogP contribution >= 0.6 is 0 Å². The first-order chi connectivity index (χ1) is 8.04. The predicted octanol–water partition coefficient (Wildman–Crippen LogP) is 1.13. The monoisotopic (exact) mass is 242 g/mol. The van der Waals surface area contributed by atoms with E-state index in [2.05, 4.69) is 0 Å². The summed E-state index contributed by atoms with van der Waals surface area (Å²) in [4.78, 5) is 0. The second kappa shape index (κ2) is 5.75. The molecule has 0 aromatic heterocycles. The molecule has 5 heteroatoms. The van der Waals surface area contributed by atoms with Crippen LogP contribution < -0.4 is 14.2 Å². The molecule has 1 aromatic carbocycles. The lowest BCUT2D eigenvalue weighted by Crippen LogP contribution is -2.15. The molecule has 17 heavy (non-hydrogen) atoms. The SMILES string of the molecule is COc1cc(OC)c([C@@H](O)[C@@H](C)O)cc1OC. The van der Waals surface area contributed by atoms with Gasteiger partial charge in [-0.05, 0) is 13.0 Å². The molecule has 0 unspecified atom stereocenters. The number of aliphatic hydroxyl groups excluding tert-OH is 2. The average molecular weight is 242 g/mol. The Labute approximate surface area is 101 Å². The minimum atomic E-state index is -1.04. The fraction of sp³-hybridized carbons (Fsp3) is 0.500. The van der Waals surface area contributed by atoms with Gasteiger partial charge in [0.25, 0.3) is 0 Å². The van der Waals surface area contributed by atoms with Crippen LogP contribution in [0.25, 0.3) is 0 Å². The smallest absolute Gasteiger partial charge is 0.164 e. The number of methoxy groups -OCH3 is 3. The number of benzene rings is 1. The van der Waals surface area contributed by atoms with Gasteiger partial charge in [0.05, 0.1) is 27.4 Å². The highest BCUT2D eigenvalue weighted by Crippen LogP contribution is 2.38. The number of hydrogen-bond acceptors (Lipinski definition) is 5. The Kier molecular flexibility index (Phi) is 4.60. The van der Waals surface area contributed by atoms with Crippen LogP contribution in [0.15, 0.2) is 12.1 Å². The third kappa shape index (κ3) is 2.81. The molecule has 1 aromatic rings. The molecule has 0 fully saturated rings. The molecule has 0 spiro atoms. The normalized spacial score (nSPS) is 14.0. The van der Waals surface area contributed by atoms with Crippen molar-refractivity contribution in [2.75, 3.05) is 21.3 Å². The molecule has 0 aliphatic rings. The topological polar surface area (TPSA) is 68.2 Å². The van der Waals surface area contributed by atoms with Crippen molar-refractivity contribution in [3.05, 3.63) is 17.7 Å². The summed E-state index contributed by atoms with van der Waals surface area (Å²) in [6.45, 7) is 1.50. The van der Waals surface area contributed by atoms with Crippen LogP contribution in [0.5, 0.6) is 17.2 Å². The summed E-state index contributed by atoms with van der Waals surface area (Å²) in [5, 5.41) is 19.3. The van der Waals surface area contributed by atoms with Crippen LogP contribution in [0.1, 0.15) is 18.6 Å². The summed E-state index contributed by atoms with van der Waals surface area (Å²) in [6.07, 6.45) is -1.94. The predicted molar refractivity (Wildman–Crippen MR) is 62.7 cm³/mol. The maximum absolute atomic E-state index is 9.87. The minimum Gasteiger partial charge on any atom is -0.496 e. The van der Waals surface area contributed by atoms with Gasteiger partial charge in [-0.2, -0.15) is 0 Å². The molecule has 0 amide bonds. The summed E-state index contributed by atoms with van der Waals surface area (Å²) >= 11 is 0. The van der Waals surface area contributed by atoms with Gasteiger partial charge in [-0.15, -0.1) is 0 Å². The number of rotatable bonds is 5. The van der Waals surface area contributed by atoms with Crippen molar-refractivity contribution in [1.29, 1.82) is 0 Å². The third-order valence-corrected chi connectivity index (χ3v) is 2.51. The van der Waals surface area contributed by atoms with Crippen LogP contribution in [0, 0.1) is 0 Å². The molecule has 0 heterocycles. The lowest BCUT2D eigenvalue weighted by Gasteiger charge is -2.19. The molecule has 0 bridgehead atoms. The highest BCUT2D eigenvalue weighted by molar-refractivity contribution is 5.51. The molecular formula is C12H18O5. The zero-order chi connectivity index (χ0) is 13.0. The summed E-state index contributed by atoms with van der Waals surface area (Å²) in [7, 11) is 4.50. The molecule has 0 saturated heterocycles. The summed E-state index contributed by atoms with van der Waals surface area (Å²) in [6, 6.07) is 3.20. The van der Waals surface area contributed by atoms with Gasteiger partial charge in [-0.1, -0.05) is 0 Å². The minimum absolute atomic E-state index is 0.441. The van der Waals surface area contributed by atoms with Gasteiger partial charge in [-0.25, -0.2) is 0 Å². The molecule has 0 aliphatic carbocycles. The first-order valence-corrected chi connectivity index (χ1v) is 5.21. The first-order valence-electron chi connectivity index (χ1n) is 5.21. The fourth-order valence-electron chi connectivity index (χ4n) is 1.54. The largest absolute Gasteiger partial charge is 0.496 e. The highest BCUT2D eigenvalue weighted by Gasteiger charge is 2.21. The van der Waals surface area contributed by atoms with Gasteiger partial charge < -0.3 is 24.4 Å². The van der Waals surface area contributed by atoms with Crippen molar-refractivity contribution in [3.8, 4) is 17.2 Å². The van der Waals surface area contributed by atoms with Crippen molar-refractivity contribution in [3.63, 3.8) is 0 Å². The average Bonchev–Trinajstić information content (AvgIpc) is 2.35. The molecular weight excluding hydrogens is 224 g/mol. The maximum Gasteiger partial charge on any atom is 0.164 e. The van der Waals surface area contributed by atoms with E-state index in [1.807, 2.05) is 0 Å². The molecule has 96 valence electrons. The van der Waals surface area contributed by atoms with Gasteiger partial charge >= 0.3 is 0 Å². The van der Waals surface area contributed by atoms with Gasteiger partial charge in [0.2, 0.25) is 0 Å². The van der Waals surface area contributed by atoms with E-state index in [1.54, 1.807) is 12.1 Å². The van der Waals surface area contributed by atoms with E-state index in [1.165, 1.54) is 28.3 Å². The number of hydrogen-bond donors (Lipinski definition) is 2. The Morgan fingerprint density at radius 2 is 1.35 bits per heavy atom. The van der Waals surface area contributed by atoms with E-state index in [9.17, 15) is 10.2 Å². The van der Waals surface area contributed by atoms with Crippen LogP contribution in [-0.2, 0) is 0 Å². The Balaban J connectivity index is 3.28. The van der Waals surface area contributed by atoms with E-state index in [-0.39, 0.29) is 0 Å². The highest BCUT2D eigenvalue weighted by atomic mass is 16.5. The van der Waals surface area contributed by atoms with Crippen molar-refractivity contribution in [2.24, 2.45) is 0 Å². The van der Waals surface area contributed by atoms with Crippen LogP contribution in [0.4, 0.5) is 0 Å². The van der Waals surface area contributed by atoms with Crippen molar-refractivity contribution in [1.82, 2.24) is 0 Å². The Morgan fingerprint density at radius 1 is 0.882 bits per heavy atom. The van der Waals surface area contributed by atoms with Crippen molar-refractivity contribution in [2.45, 2.75) is 19.1 Å². The van der Waals surface area contributed by atoms with Crippen molar-refractivity contribution < 1.29 is 24.4 Å². The van der Waals surface area contributed by atoms with Crippen LogP contribution in [0.3, 0.4) is 0 Å². The van der Waals surface area contributed by atoms with Gasteiger partial charge in [0.1, 0.15) is 11.9 Å². The Morgan fingerprint density at radius 3 is 1.76 bits per heavy atom.